The Balaban J connectivity index is 1.28. The Kier molecular flexibility index (Phi) is 6.23. The molecule has 1 saturated heterocycles. The maximum atomic E-state index is 12.8. The number of carbonyl (C=O) groups is 2. The van der Waals surface area contributed by atoms with E-state index in [1.807, 2.05) is 36.4 Å². The van der Waals surface area contributed by atoms with Gasteiger partial charge in [-0.15, -0.1) is 0 Å². The highest BCUT2D eigenvalue weighted by Gasteiger charge is 2.28. The van der Waals surface area contributed by atoms with Gasteiger partial charge >= 0.3 is 0 Å². The van der Waals surface area contributed by atoms with Crippen LogP contribution in [0.4, 0.5) is 0 Å². The molecule has 1 fully saturated rings. The molecule has 2 N–H and O–H groups in total. The van der Waals surface area contributed by atoms with Crippen LogP contribution in [0.5, 0.6) is 0 Å². The van der Waals surface area contributed by atoms with Crippen molar-refractivity contribution in [3.63, 3.8) is 0 Å². The number of nitrogens with one attached hydrogen (secondary N) is 2. The van der Waals surface area contributed by atoms with Gasteiger partial charge in [-0.3, -0.25) is 19.7 Å². The summed E-state index contributed by atoms with van der Waals surface area (Å²) in [5.41, 5.74) is 3.13. The van der Waals surface area contributed by atoms with Crippen LogP contribution < -0.4 is 5.32 Å². The van der Waals surface area contributed by atoms with E-state index in [0.29, 0.717) is 43.9 Å². The highest BCUT2D eigenvalue weighted by Crippen LogP contribution is 2.21. The van der Waals surface area contributed by atoms with Crippen LogP contribution in [0.25, 0.3) is 11.3 Å². The molecule has 1 aromatic carbocycles. The molecule has 0 atom stereocenters. The van der Waals surface area contributed by atoms with Crippen LogP contribution in [0.15, 0.2) is 59.3 Å². The first-order valence-electron chi connectivity index (χ1n) is 9.87. The molecule has 7 nitrogen and oxygen atoms in total. The van der Waals surface area contributed by atoms with Crippen LogP contribution in [0.1, 0.15) is 28.9 Å². The lowest BCUT2D eigenvalue weighted by Crippen LogP contribution is -2.43. The minimum atomic E-state index is -0.0865. The predicted octanol–water partition coefficient (Wildman–Crippen LogP) is 3.40. The van der Waals surface area contributed by atoms with Crippen molar-refractivity contribution in [1.29, 1.82) is 0 Å². The molecule has 0 saturated carbocycles. The lowest BCUT2D eigenvalue weighted by molar-refractivity contribution is -0.126. The van der Waals surface area contributed by atoms with E-state index in [-0.39, 0.29) is 17.7 Å². The standard InChI is InChI=1S/C22H22BrN5O2/c23-18-3-1-15(2-4-18)14-25-21(29)17-7-11-28(12-8-17)22(30)20-13-19(26-27-20)16-5-9-24-10-6-16/h1-6,9-10,13,17H,7-8,11-12,14H2,(H,25,29)(H,26,27). The molecule has 0 radical (unpaired) electrons. The van der Waals surface area contributed by atoms with Crippen molar-refractivity contribution in [2.75, 3.05) is 13.1 Å². The van der Waals surface area contributed by atoms with E-state index in [4.69, 9.17) is 0 Å². The second-order valence-corrected chi connectivity index (χ2v) is 8.23. The molecule has 154 valence electrons. The van der Waals surface area contributed by atoms with Gasteiger partial charge < -0.3 is 10.2 Å². The third-order valence-corrected chi connectivity index (χ3v) is 5.85. The Morgan fingerprint density at radius 3 is 2.50 bits per heavy atom. The van der Waals surface area contributed by atoms with Crippen molar-refractivity contribution in [3.8, 4) is 11.3 Å². The molecule has 2 aromatic heterocycles. The van der Waals surface area contributed by atoms with Crippen LogP contribution in [-0.2, 0) is 11.3 Å². The first-order chi connectivity index (χ1) is 14.6. The normalized spacial score (nSPS) is 14.5. The molecule has 0 unspecified atom stereocenters. The van der Waals surface area contributed by atoms with Gasteiger partial charge in [0.05, 0.1) is 5.69 Å². The van der Waals surface area contributed by atoms with E-state index in [0.717, 1.165) is 15.6 Å². The number of nitrogens with zero attached hydrogens (tertiary/aromatic N) is 3. The van der Waals surface area contributed by atoms with Crippen molar-refractivity contribution in [3.05, 3.63) is 70.6 Å². The van der Waals surface area contributed by atoms with Crippen LogP contribution in [-0.4, -0.2) is 45.0 Å². The van der Waals surface area contributed by atoms with E-state index in [1.54, 1.807) is 23.4 Å². The van der Waals surface area contributed by atoms with E-state index >= 15 is 0 Å². The molecule has 0 spiro atoms. The summed E-state index contributed by atoms with van der Waals surface area (Å²) in [5.74, 6) is -0.110. The summed E-state index contributed by atoms with van der Waals surface area (Å²) < 4.78 is 1.01. The Labute approximate surface area is 183 Å². The molecule has 0 bridgehead atoms. The van der Waals surface area contributed by atoms with Crippen molar-refractivity contribution >= 4 is 27.7 Å². The third-order valence-electron chi connectivity index (χ3n) is 5.32. The molecule has 4 rings (SSSR count). The largest absolute Gasteiger partial charge is 0.352 e. The summed E-state index contributed by atoms with van der Waals surface area (Å²) in [6.45, 7) is 1.62. The van der Waals surface area contributed by atoms with Crippen LogP contribution in [0.3, 0.4) is 0 Å². The minimum Gasteiger partial charge on any atom is -0.352 e. The molecule has 8 heteroatoms. The molecule has 1 aliphatic heterocycles. The number of benzene rings is 1. The third kappa shape index (κ3) is 4.76. The number of piperidine rings is 1. The van der Waals surface area contributed by atoms with Gasteiger partial charge in [0.25, 0.3) is 5.91 Å². The fourth-order valence-corrected chi connectivity index (χ4v) is 3.82. The molecule has 2 amide bonds. The number of halogens is 1. The quantitative estimate of drug-likeness (QED) is 0.601. The van der Waals surface area contributed by atoms with Crippen LogP contribution in [0.2, 0.25) is 0 Å². The zero-order valence-corrected chi connectivity index (χ0v) is 17.9. The monoisotopic (exact) mass is 467 g/mol. The number of pyridine rings is 1. The molecule has 3 heterocycles. The van der Waals surface area contributed by atoms with Gasteiger partial charge in [0.1, 0.15) is 5.69 Å². The number of carbonyl (C=O) groups excluding carboxylic acids is 2. The number of H-pyrrole nitrogens is 1. The average molecular weight is 468 g/mol. The average Bonchev–Trinajstić information content (AvgIpc) is 3.29. The molecular weight excluding hydrogens is 446 g/mol. The van der Waals surface area contributed by atoms with Crippen molar-refractivity contribution in [2.24, 2.45) is 5.92 Å². The van der Waals surface area contributed by atoms with E-state index in [2.05, 4.69) is 36.4 Å². The highest BCUT2D eigenvalue weighted by molar-refractivity contribution is 9.10. The molecule has 3 aromatic rings. The number of hydrogen-bond donors (Lipinski definition) is 2. The maximum absolute atomic E-state index is 12.8. The lowest BCUT2D eigenvalue weighted by Gasteiger charge is -2.31. The van der Waals surface area contributed by atoms with Gasteiger partial charge in [-0.1, -0.05) is 28.1 Å². The van der Waals surface area contributed by atoms with E-state index in [9.17, 15) is 9.59 Å². The fraction of sp³-hybridized carbons (Fsp3) is 0.273. The van der Waals surface area contributed by atoms with E-state index in [1.165, 1.54) is 0 Å². The molecule has 1 aliphatic rings. The summed E-state index contributed by atoms with van der Waals surface area (Å²) in [4.78, 5) is 31.1. The van der Waals surface area contributed by atoms with Gasteiger partial charge in [0.2, 0.25) is 5.91 Å². The summed E-state index contributed by atoms with van der Waals surface area (Å²) in [6.07, 6.45) is 4.70. The first-order valence-corrected chi connectivity index (χ1v) is 10.7. The van der Waals surface area contributed by atoms with Crippen LogP contribution in [0, 0.1) is 5.92 Å². The summed E-state index contributed by atoms with van der Waals surface area (Å²) in [7, 11) is 0. The number of likely N-dealkylation sites (tertiary alicyclic amines) is 1. The molecule has 30 heavy (non-hydrogen) atoms. The number of aromatic amines is 1. The SMILES string of the molecule is O=C(NCc1ccc(Br)cc1)C1CCN(C(=O)c2cc(-c3ccncc3)n[nH]2)CC1. The topological polar surface area (TPSA) is 91.0 Å². The van der Waals surface area contributed by atoms with Gasteiger partial charge in [-0.25, -0.2) is 0 Å². The number of aromatic nitrogens is 3. The Morgan fingerprint density at radius 2 is 1.80 bits per heavy atom. The first kappa shape index (κ1) is 20.3. The van der Waals surface area contributed by atoms with Gasteiger partial charge in [0.15, 0.2) is 0 Å². The number of amides is 2. The summed E-state index contributed by atoms with van der Waals surface area (Å²) >= 11 is 3.41. The molecule has 0 aliphatic carbocycles. The smallest absolute Gasteiger partial charge is 0.271 e. The van der Waals surface area contributed by atoms with E-state index < -0.39 is 0 Å². The Hall–Kier alpha value is -3.00. The van der Waals surface area contributed by atoms with Gasteiger partial charge in [-0.05, 0) is 48.7 Å². The minimum absolute atomic E-state index is 0.0477. The van der Waals surface area contributed by atoms with Crippen molar-refractivity contribution in [2.45, 2.75) is 19.4 Å². The van der Waals surface area contributed by atoms with Gasteiger partial charge in [0, 0.05) is 48.0 Å². The summed E-state index contributed by atoms with van der Waals surface area (Å²) in [5, 5.41) is 10.1. The van der Waals surface area contributed by atoms with Crippen molar-refractivity contribution in [1.82, 2.24) is 25.4 Å². The number of hydrogen-bond acceptors (Lipinski definition) is 4. The zero-order valence-electron chi connectivity index (χ0n) is 16.3. The maximum Gasteiger partial charge on any atom is 0.271 e. The van der Waals surface area contributed by atoms with Gasteiger partial charge in [-0.2, -0.15) is 5.10 Å². The number of rotatable bonds is 5. The lowest BCUT2D eigenvalue weighted by atomic mass is 9.95. The zero-order chi connectivity index (χ0) is 20.9. The Bertz CT molecular complexity index is 1010. The van der Waals surface area contributed by atoms with Crippen molar-refractivity contribution < 1.29 is 9.59 Å². The highest BCUT2D eigenvalue weighted by atomic mass is 79.9. The Morgan fingerprint density at radius 1 is 1.10 bits per heavy atom. The second kappa shape index (κ2) is 9.21. The molecular formula is C22H22BrN5O2. The predicted molar refractivity (Wildman–Crippen MR) is 116 cm³/mol. The second-order valence-electron chi connectivity index (χ2n) is 7.31. The summed E-state index contributed by atoms with van der Waals surface area (Å²) in [6, 6.07) is 13.3. The fourth-order valence-electron chi connectivity index (χ4n) is 3.55. The van der Waals surface area contributed by atoms with Crippen LogP contribution >= 0.6 is 15.9 Å².